The monoisotopic (exact) mass is 352 g/mol. The number of hydrogen-bond acceptors (Lipinski definition) is 8. The predicted molar refractivity (Wildman–Crippen MR) is 87.0 cm³/mol. The van der Waals surface area contributed by atoms with Crippen molar-refractivity contribution in [1.82, 2.24) is 10.6 Å². The van der Waals surface area contributed by atoms with Gasteiger partial charge in [-0.25, -0.2) is 0 Å². The molecular weight excluding hydrogens is 328 g/mol. The van der Waals surface area contributed by atoms with Crippen molar-refractivity contribution in [2.75, 3.05) is 19.6 Å². The van der Waals surface area contributed by atoms with Gasteiger partial charge in [-0.3, -0.25) is 14.4 Å². The van der Waals surface area contributed by atoms with E-state index >= 15 is 0 Å². The molecule has 0 fully saturated rings. The summed E-state index contributed by atoms with van der Waals surface area (Å²) in [6.07, 6.45) is 0.777. The topological polar surface area (TPSA) is 145 Å². The lowest BCUT2D eigenvalue weighted by Gasteiger charge is -2.15. The SMILES string of the molecule is CC1(CCNCC(=O)C[C@@H](CC(=O)O)C(=O)NCCC2(C)N=N2)N=N1. The number of aliphatic carboxylic acids is 1. The second-order valence-electron chi connectivity index (χ2n) is 6.84. The van der Waals surface area contributed by atoms with E-state index in [0.29, 0.717) is 25.9 Å². The standard InChI is InChI=1S/C15H24N6O4/c1-14(18-19-14)3-5-16-9-11(22)7-10(8-12(23)24)13(25)17-6-4-15(2)20-21-15/h10,16H,3-9H2,1-2H3,(H,17,25)(H,23,24)/t10-/m0/s1. The maximum absolute atomic E-state index is 12.2. The Morgan fingerprint density at radius 1 is 0.960 bits per heavy atom. The zero-order valence-electron chi connectivity index (χ0n) is 14.5. The lowest BCUT2D eigenvalue weighted by molar-refractivity contribution is -0.141. The lowest BCUT2D eigenvalue weighted by atomic mass is 9.97. The summed E-state index contributed by atoms with van der Waals surface area (Å²) >= 11 is 0. The zero-order chi connectivity index (χ0) is 18.5. The number of hydrogen-bond donors (Lipinski definition) is 3. The minimum atomic E-state index is -1.11. The quantitative estimate of drug-likeness (QED) is 0.421. The number of ketones is 1. The molecule has 0 radical (unpaired) electrons. The van der Waals surface area contributed by atoms with Crippen LogP contribution in [0.3, 0.4) is 0 Å². The van der Waals surface area contributed by atoms with Gasteiger partial charge in [0.05, 0.1) is 18.9 Å². The van der Waals surface area contributed by atoms with E-state index in [4.69, 9.17) is 5.11 Å². The molecule has 2 heterocycles. The van der Waals surface area contributed by atoms with Crippen molar-refractivity contribution in [3.8, 4) is 0 Å². The molecule has 10 heteroatoms. The Morgan fingerprint density at radius 2 is 1.52 bits per heavy atom. The van der Waals surface area contributed by atoms with Crippen LogP contribution in [0.25, 0.3) is 0 Å². The fourth-order valence-electron chi connectivity index (χ4n) is 2.31. The maximum Gasteiger partial charge on any atom is 0.304 e. The molecule has 0 unspecified atom stereocenters. The van der Waals surface area contributed by atoms with Crippen LogP contribution in [0.4, 0.5) is 0 Å². The summed E-state index contributed by atoms with van der Waals surface area (Å²) < 4.78 is 0. The van der Waals surface area contributed by atoms with Gasteiger partial charge in [0, 0.05) is 25.8 Å². The molecule has 3 N–H and O–H groups in total. The highest BCUT2D eigenvalue weighted by molar-refractivity contribution is 5.90. The Labute approximate surface area is 145 Å². The van der Waals surface area contributed by atoms with E-state index in [-0.39, 0.29) is 30.8 Å². The van der Waals surface area contributed by atoms with E-state index in [9.17, 15) is 14.4 Å². The summed E-state index contributed by atoms with van der Waals surface area (Å²) in [5, 5.41) is 30.0. The first kappa shape index (κ1) is 19.1. The molecule has 0 spiro atoms. The average Bonchev–Trinajstić information content (AvgIpc) is 3.43. The van der Waals surface area contributed by atoms with Gasteiger partial charge in [0.1, 0.15) is 5.78 Å². The van der Waals surface area contributed by atoms with Crippen molar-refractivity contribution < 1.29 is 19.5 Å². The molecule has 10 nitrogen and oxygen atoms in total. The van der Waals surface area contributed by atoms with Crippen molar-refractivity contribution in [2.45, 2.75) is 50.9 Å². The predicted octanol–water partition coefficient (Wildman–Crippen LogP) is 0.887. The largest absolute Gasteiger partial charge is 0.481 e. The van der Waals surface area contributed by atoms with Gasteiger partial charge >= 0.3 is 5.97 Å². The molecule has 0 aromatic rings. The first-order valence-corrected chi connectivity index (χ1v) is 8.31. The van der Waals surface area contributed by atoms with Crippen LogP contribution < -0.4 is 10.6 Å². The van der Waals surface area contributed by atoms with Crippen LogP contribution in [0.5, 0.6) is 0 Å². The van der Waals surface area contributed by atoms with Gasteiger partial charge in [0.15, 0.2) is 11.3 Å². The number of nitrogens with zero attached hydrogens (tertiary/aromatic N) is 4. The Kier molecular flexibility index (Phi) is 5.93. The molecular formula is C15H24N6O4. The number of rotatable bonds is 13. The fraction of sp³-hybridized carbons (Fsp3) is 0.800. The van der Waals surface area contributed by atoms with E-state index in [2.05, 4.69) is 31.1 Å². The molecule has 25 heavy (non-hydrogen) atoms. The van der Waals surface area contributed by atoms with E-state index in [1.54, 1.807) is 0 Å². The molecule has 0 saturated carbocycles. The zero-order valence-corrected chi connectivity index (χ0v) is 14.5. The molecule has 2 rings (SSSR count). The van der Waals surface area contributed by atoms with Gasteiger partial charge in [-0.2, -0.15) is 20.5 Å². The first-order chi connectivity index (χ1) is 11.7. The third-order valence-corrected chi connectivity index (χ3v) is 4.14. The highest BCUT2D eigenvalue weighted by Crippen LogP contribution is 2.30. The maximum atomic E-state index is 12.2. The summed E-state index contributed by atoms with van der Waals surface area (Å²) in [6, 6.07) is 0. The third kappa shape index (κ3) is 7.04. The second kappa shape index (κ2) is 7.77. The molecule has 1 amide bonds. The van der Waals surface area contributed by atoms with Gasteiger partial charge in [-0.1, -0.05) is 0 Å². The Balaban J connectivity index is 1.68. The number of amides is 1. The average molecular weight is 352 g/mol. The first-order valence-electron chi connectivity index (χ1n) is 8.31. The number of carboxylic acid groups (broad SMARTS) is 1. The van der Waals surface area contributed by atoms with Gasteiger partial charge in [0.25, 0.3) is 0 Å². The summed E-state index contributed by atoms with van der Waals surface area (Å²) in [6.45, 7) is 4.75. The van der Waals surface area contributed by atoms with Crippen LogP contribution >= 0.6 is 0 Å². The molecule has 2 aliphatic rings. The molecule has 0 bridgehead atoms. The van der Waals surface area contributed by atoms with Crippen LogP contribution in [0.15, 0.2) is 20.5 Å². The van der Waals surface area contributed by atoms with E-state index in [1.165, 1.54) is 0 Å². The van der Waals surface area contributed by atoms with Gasteiger partial charge in [0.2, 0.25) is 5.91 Å². The van der Waals surface area contributed by atoms with E-state index < -0.39 is 23.5 Å². The van der Waals surface area contributed by atoms with Crippen molar-refractivity contribution in [3.05, 3.63) is 0 Å². The van der Waals surface area contributed by atoms with Crippen LogP contribution in [0.2, 0.25) is 0 Å². The Bertz CT molecular complexity index is 591. The molecule has 0 aromatic heterocycles. The van der Waals surface area contributed by atoms with Crippen molar-refractivity contribution >= 4 is 17.7 Å². The van der Waals surface area contributed by atoms with Crippen molar-refractivity contribution in [1.29, 1.82) is 0 Å². The number of Topliss-reactive ketones (excluding diaryl/α,β-unsaturated/α-hetero) is 1. The minimum absolute atomic E-state index is 0.0926. The highest BCUT2D eigenvalue weighted by atomic mass is 16.4. The number of carbonyl (C=O) groups is 3. The van der Waals surface area contributed by atoms with Crippen LogP contribution in [-0.2, 0) is 14.4 Å². The van der Waals surface area contributed by atoms with Crippen LogP contribution in [-0.4, -0.2) is 53.7 Å². The summed E-state index contributed by atoms with van der Waals surface area (Å²) in [5.74, 6) is -2.61. The Hall–Kier alpha value is -2.23. The van der Waals surface area contributed by atoms with Gasteiger partial charge < -0.3 is 15.7 Å². The number of carbonyl (C=O) groups excluding carboxylic acids is 2. The second-order valence-corrected chi connectivity index (χ2v) is 6.84. The normalized spacial score (nSPS) is 19.3. The van der Waals surface area contributed by atoms with Crippen molar-refractivity contribution in [3.63, 3.8) is 0 Å². The van der Waals surface area contributed by atoms with Gasteiger partial charge in [-0.15, -0.1) is 0 Å². The smallest absolute Gasteiger partial charge is 0.304 e. The molecule has 1 atom stereocenters. The van der Waals surface area contributed by atoms with E-state index in [0.717, 1.165) is 0 Å². The fourth-order valence-corrected chi connectivity index (χ4v) is 2.31. The molecule has 138 valence electrons. The third-order valence-electron chi connectivity index (χ3n) is 4.14. The molecule has 0 aromatic carbocycles. The van der Waals surface area contributed by atoms with Crippen LogP contribution in [0.1, 0.15) is 39.5 Å². The minimum Gasteiger partial charge on any atom is -0.481 e. The molecule has 0 saturated heterocycles. The lowest BCUT2D eigenvalue weighted by Crippen LogP contribution is -2.36. The number of nitrogens with one attached hydrogen (secondary N) is 2. The van der Waals surface area contributed by atoms with Crippen LogP contribution in [0, 0.1) is 5.92 Å². The highest BCUT2D eigenvalue weighted by Gasteiger charge is 2.34. The van der Waals surface area contributed by atoms with Gasteiger partial charge in [-0.05, 0) is 20.4 Å². The van der Waals surface area contributed by atoms with E-state index in [1.807, 2.05) is 13.8 Å². The molecule has 0 aliphatic carbocycles. The summed E-state index contributed by atoms with van der Waals surface area (Å²) in [4.78, 5) is 35.1. The van der Waals surface area contributed by atoms with Crippen molar-refractivity contribution in [2.24, 2.45) is 26.4 Å². The molecule has 2 aliphatic heterocycles. The Morgan fingerprint density at radius 3 is 2.04 bits per heavy atom. The summed E-state index contributed by atoms with van der Waals surface area (Å²) in [5.41, 5.74) is -0.745. The summed E-state index contributed by atoms with van der Waals surface area (Å²) in [7, 11) is 0. The number of carboxylic acids is 1.